The number of benzene rings is 3. The summed E-state index contributed by atoms with van der Waals surface area (Å²) in [5, 5.41) is 2.97. The molecule has 1 aliphatic rings. The van der Waals surface area contributed by atoms with E-state index in [1.165, 1.54) is 18.2 Å². The molecular weight excluding hydrogens is 768 g/mol. The molecule has 6 nitrogen and oxygen atoms in total. The number of anilines is 1. The lowest BCUT2D eigenvalue weighted by Crippen LogP contribution is -2.36. The lowest BCUT2D eigenvalue weighted by Gasteiger charge is -2.13. The summed E-state index contributed by atoms with van der Waals surface area (Å²) in [6, 6.07) is 14.2. The molecule has 0 unspecified atom stereocenters. The summed E-state index contributed by atoms with van der Waals surface area (Å²) in [6.07, 6.45) is 1.60. The van der Waals surface area contributed by atoms with Gasteiger partial charge in [0.15, 0.2) is 0 Å². The largest absolute Gasteiger partial charge is 0.487 e. The van der Waals surface area contributed by atoms with Gasteiger partial charge in [0, 0.05) is 21.3 Å². The molecule has 0 bridgehead atoms. The number of carbonyl (C=O) groups excluding carboxylic acids is 3. The zero-order chi connectivity index (χ0) is 26.7. The van der Waals surface area contributed by atoms with Gasteiger partial charge < -0.3 is 10.1 Å². The highest BCUT2D eigenvalue weighted by Gasteiger charge is 2.36. The van der Waals surface area contributed by atoms with Crippen molar-refractivity contribution in [2.75, 3.05) is 11.9 Å². The molecule has 1 saturated heterocycles. The smallest absolute Gasteiger partial charge is 0.294 e. The summed E-state index contributed by atoms with van der Waals surface area (Å²) in [6.45, 7) is -0.231. The Morgan fingerprint density at radius 2 is 1.81 bits per heavy atom. The number of nitrogens with one attached hydrogen (secondary N) is 1. The van der Waals surface area contributed by atoms with E-state index < -0.39 is 29.4 Å². The van der Waals surface area contributed by atoms with E-state index in [0.29, 0.717) is 21.4 Å². The molecule has 4 rings (SSSR count). The Bertz CT molecular complexity index is 1430. The predicted molar refractivity (Wildman–Crippen MR) is 160 cm³/mol. The van der Waals surface area contributed by atoms with Crippen molar-refractivity contribution in [3.05, 3.63) is 93.6 Å². The van der Waals surface area contributed by atoms with Crippen LogP contribution in [0.25, 0.3) is 6.08 Å². The molecule has 1 aliphatic heterocycles. The Balaban J connectivity index is 1.44. The van der Waals surface area contributed by atoms with Crippen molar-refractivity contribution >= 4 is 109 Å². The number of nitrogens with zero attached hydrogens (tertiary/aromatic N) is 1. The van der Waals surface area contributed by atoms with Crippen molar-refractivity contribution in [3.8, 4) is 5.75 Å². The highest BCUT2D eigenvalue weighted by atomic mass is 127. The van der Waals surface area contributed by atoms with Gasteiger partial charge in [-0.2, -0.15) is 0 Å². The molecule has 0 atom stereocenters. The second kappa shape index (κ2) is 12.3. The minimum atomic E-state index is -0.611. The molecule has 37 heavy (non-hydrogen) atoms. The van der Waals surface area contributed by atoms with Crippen LogP contribution in [0.4, 0.5) is 14.9 Å². The number of rotatable bonds is 7. The van der Waals surface area contributed by atoms with Crippen LogP contribution in [0.5, 0.6) is 5.75 Å². The van der Waals surface area contributed by atoms with Crippen LogP contribution in [0.3, 0.4) is 0 Å². The molecule has 12 heteroatoms. The molecule has 0 radical (unpaired) electrons. The minimum Gasteiger partial charge on any atom is -0.487 e. The Hall–Kier alpha value is -1.87. The fourth-order valence-electron chi connectivity index (χ4n) is 3.29. The SMILES string of the molecule is O=C(CN1C(=O)S/C(=C/c2cc(I)c(OCc3ccc(Cl)cc3Cl)c(I)c2)C1=O)Nc1cccc(F)c1. The molecule has 3 aromatic carbocycles. The fourth-order valence-corrected chi connectivity index (χ4v) is 6.72. The van der Waals surface area contributed by atoms with Crippen molar-refractivity contribution in [1.29, 1.82) is 0 Å². The summed E-state index contributed by atoms with van der Waals surface area (Å²) in [7, 11) is 0. The summed E-state index contributed by atoms with van der Waals surface area (Å²) >= 11 is 17.2. The monoisotopic (exact) mass is 782 g/mol. The second-order valence-electron chi connectivity index (χ2n) is 7.66. The Morgan fingerprint density at radius 1 is 1.08 bits per heavy atom. The minimum absolute atomic E-state index is 0.191. The van der Waals surface area contributed by atoms with E-state index >= 15 is 0 Å². The van der Waals surface area contributed by atoms with Crippen molar-refractivity contribution in [3.63, 3.8) is 0 Å². The molecular formula is C25H15Cl2FI2N2O4S. The topological polar surface area (TPSA) is 75.7 Å². The first-order valence-electron chi connectivity index (χ1n) is 10.5. The van der Waals surface area contributed by atoms with Crippen molar-refractivity contribution in [2.45, 2.75) is 6.61 Å². The van der Waals surface area contributed by atoms with Crippen LogP contribution in [-0.4, -0.2) is 28.5 Å². The predicted octanol–water partition coefficient (Wildman–Crippen LogP) is 7.60. The van der Waals surface area contributed by atoms with Gasteiger partial charge in [-0.15, -0.1) is 0 Å². The first-order chi connectivity index (χ1) is 17.6. The molecule has 1 N–H and O–H groups in total. The van der Waals surface area contributed by atoms with Crippen molar-refractivity contribution in [2.24, 2.45) is 0 Å². The first kappa shape index (κ1) is 28.1. The molecule has 190 valence electrons. The Kier molecular flexibility index (Phi) is 9.38. The van der Waals surface area contributed by atoms with Gasteiger partial charge in [0.2, 0.25) is 5.91 Å². The first-order valence-corrected chi connectivity index (χ1v) is 14.2. The quantitative estimate of drug-likeness (QED) is 0.198. The summed E-state index contributed by atoms with van der Waals surface area (Å²) in [5.74, 6) is -1.04. The van der Waals surface area contributed by atoms with Crippen LogP contribution in [0.2, 0.25) is 10.0 Å². The summed E-state index contributed by atoms with van der Waals surface area (Å²) < 4.78 is 20.9. The zero-order valence-electron chi connectivity index (χ0n) is 18.6. The van der Waals surface area contributed by atoms with E-state index in [-0.39, 0.29) is 17.2 Å². The zero-order valence-corrected chi connectivity index (χ0v) is 25.2. The van der Waals surface area contributed by atoms with Crippen LogP contribution in [0, 0.1) is 13.0 Å². The third-order valence-corrected chi connectivity index (χ3v) is 8.09. The number of imide groups is 1. The van der Waals surface area contributed by atoms with Gasteiger partial charge in [0.25, 0.3) is 11.1 Å². The van der Waals surface area contributed by atoms with E-state index in [1.807, 2.05) is 12.1 Å². The van der Waals surface area contributed by atoms with Crippen LogP contribution in [0.15, 0.2) is 59.5 Å². The van der Waals surface area contributed by atoms with E-state index in [1.54, 1.807) is 24.3 Å². The number of amides is 3. The molecule has 3 aromatic rings. The Labute approximate surface area is 253 Å². The average molecular weight is 783 g/mol. The number of hydrogen-bond donors (Lipinski definition) is 1. The molecule has 1 heterocycles. The van der Waals surface area contributed by atoms with Gasteiger partial charge >= 0.3 is 0 Å². The summed E-state index contributed by atoms with van der Waals surface area (Å²) in [5.41, 5.74) is 1.72. The molecule has 0 spiro atoms. The normalized spacial score (nSPS) is 14.4. The molecule has 3 amide bonds. The Morgan fingerprint density at radius 3 is 2.49 bits per heavy atom. The highest BCUT2D eigenvalue weighted by Crippen LogP contribution is 2.35. The van der Waals surface area contributed by atoms with Gasteiger partial charge in [-0.1, -0.05) is 35.3 Å². The van der Waals surface area contributed by atoms with Crippen molar-refractivity contribution < 1.29 is 23.5 Å². The number of hydrogen-bond acceptors (Lipinski definition) is 5. The average Bonchev–Trinajstić information content (AvgIpc) is 3.07. The second-order valence-corrected chi connectivity index (χ2v) is 11.8. The standard InChI is InChI=1S/C25H15Cl2FI2N2O4S/c26-15-5-4-14(18(27)9-15)12-36-23-19(29)6-13(7-20(23)30)8-21-24(34)32(25(35)37-21)11-22(33)31-17-3-1-2-16(28)10-17/h1-10H,11-12H2,(H,31,33)/b21-8+. The maximum atomic E-state index is 13.3. The van der Waals surface area contributed by atoms with Gasteiger partial charge in [-0.25, -0.2) is 4.39 Å². The third-order valence-electron chi connectivity index (χ3n) is 4.99. The third kappa shape index (κ3) is 7.16. The number of halogens is 5. The van der Waals surface area contributed by atoms with Gasteiger partial charge in [-0.05, 0) is 111 Å². The molecule has 1 fully saturated rings. The van der Waals surface area contributed by atoms with E-state index in [9.17, 15) is 18.8 Å². The molecule has 0 saturated carbocycles. The van der Waals surface area contributed by atoms with Gasteiger partial charge in [0.1, 0.15) is 24.7 Å². The van der Waals surface area contributed by atoms with Gasteiger partial charge in [-0.3, -0.25) is 19.3 Å². The van der Waals surface area contributed by atoms with Crippen LogP contribution in [-0.2, 0) is 16.2 Å². The number of carbonyl (C=O) groups is 3. The highest BCUT2D eigenvalue weighted by molar-refractivity contribution is 14.1. The van der Waals surface area contributed by atoms with E-state index in [4.69, 9.17) is 27.9 Å². The van der Waals surface area contributed by atoms with Crippen LogP contribution < -0.4 is 10.1 Å². The molecule has 0 aromatic heterocycles. The summed E-state index contributed by atoms with van der Waals surface area (Å²) in [4.78, 5) is 38.6. The lowest BCUT2D eigenvalue weighted by atomic mass is 10.2. The number of thioether (sulfide) groups is 1. The number of ether oxygens (including phenoxy) is 1. The van der Waals surface area contributed by atoms with Crippen LogP contribution in [0.1, 0.15) is 11.1 Å². The lowest BCUT2D eigenvalue weighted by molar-refractivity contribution is -0.127. The molecule has 0 aliphatic carbocycles. The fraction of sp³-hybridized carbons (Fsp3) is 0.0800. The maximum absolute atomic E-state index is 13.3. The maximum Gasteiger partial charge on any atom is 0.294 e. The van der Waals surface area contributed by atoms with E-state index in [0.717, 1.165) is 35.4 Å². The van der Waals surface area contributed by atoms with E-state index in [2.05, 4.69) is 50.5 Å². The van der Waals surface area contributed by atoms with Gasteiger partial charge in [0.05, 0.1) is 12.0 Å². The van der Waals surface area contributed by atoms with Crippen molar-refractivity contribution in [1.82, 2.24) is 4.90 Å². The van der Waals surface area contributed by atoms with Crippen LogP contribution >= 0.6 is 80.1 Å².